The van der Waals surface area contributed by atoms with E-state index < -0.39 is 0 Å². The van der Waals surface area contributed by atoms with Crippen molar-refractivity contribution in [1.29, 1.82) is 0 Å². The van der Waals surface area contributed by atoms with Crippen molar-refractivity contribution in [1.82, 2.24) is 24.4 Å². The predicted octanol–water partition coefficient (Wildman–Crippen LogP) is 3.27. The van der Waals surface area contributed by atoms with E-state index in [1.807, 2.05) is 41.4 Å². The number of methoxy groups -OCH3 is 2. The molecule has 0 N–H and O–H groups in total. The number of fused-ring (bicyclic) bond motifs is 1. The molecule has 158 valence electrons. The molecule has 0 aliphatic carbocycles. The van der Waals surface area contributed by atoms with E-state index in [-0.39, 0.29) is 11.9 Å². The molecular formula is C22H27N5O3. The number of piperidine rings is 1. The van der Waals surface area contributed by atoms with Gasteiger partial charge >= 0.3 is 6.03 Å². The van der Waals surface area contributed by atoms with E-state index >= 15 is 0 Å². The van der Waals surface area contributed by atoms with E-state index in [2.05, 4.69) is 0 Å². The number of hydrogen-bond donors (Lipinski definition) is 0. The summed E-state index contributed by atoms with van der Waals surface area (Å²) in [6, 6.07) is 9.80. The molecule has 1 aliphatic rings. The fourth-order valence-electron chi connectivity index (χ4n) is 3.99. The van der Waals surface area contributed by atoms with Gasteiger partial charge in [0.15, 0.2) is 23.0 Å². The highest BCUT2D eigenvalue weighted by Gasteiger charge is 2.28. The standard InChI is InChI=1S/C22H27N5O3/c1-25(2)22(28)26-12-6-7-16(13-26)21-23-19-11-10-15(14-27(19)24-21)17-8-5-9-18(29-3)20(17)30-4/h5,8-11,14,16H,6-7,12-13H2,1-4H3/t16-/m0/s1. The van der Waals surface area contributed by atoms with Gasteiger partial charge in [-0.3, -0.25) is 0 Å². The van der Waals surface area contributed by atoms with E-state index in [9.17, 15) is 4.79 Å². The van der Waals surface area contributed by atoms with Crippen LogP contribution in [0.2, 0.25) is 0 Å². The van der Waals surface area contributed by atoms with E-state index in [0.717, 1.165) is 42.0 Å². The van der Waals surface area contributed by atoms with Crippen LogP contribution < -0.4 is 9.47 Å². The molecule has 1 saturated heterocycles. The molecule has 2 aromatic heterocycles. The summed E-state index contributed by atoms with van der Waals surface area (Å²) < 4.78 is 12.8. The first kappa shape index (κ1) is 20.0. The quantitative estimate of drug-likeness (QED) is 0.661. The van der Waals surface area contributed by atoms with Crippen LogP contribution >= 0.6 is 0 Å². The summed E-state index contributed by atoms with van der Waals surface area (Å²) in [6.07, 6.45) is 3.88. The predicted molar refractivity (Wildman–Crippen MR) is 114 cm³/mol. The Morgan fingerprint density at radius 1 is 1.17 bits per heavy atom. The minimum Gasteiger partial charge on any atom is -0.493 e. The molecule has 4 rings (SSSR count). The smallest absolute Gasteiger partial charge is 0.319 e. The molecule has 1 aliphatic heterocycles. The van der Waals surface area contributed by atoms with Crippen molar-refractivity contribution in [3.63, 3.8) is 0 Å². The number of urea groups is 1. The van der Waals surface area contributed by atoms with Crippen LogP contribution in [0.15, 0.2) is 36.5 Å². The van der Waals surface area contributed by atoms with Crippen molar-refractivity contribution in [3.05, 3.63) is 42.4 Å². The van der Waals surface area contributed by atoms with Crippen LogP contribution in [0.4, 0.5) is 4.79 Å². The first-order valence-electron chi connectivity index (χ1n) is 10.1. The zero-order valence-corrected chi connectivity index (χ0v) is 17.8. The van der Waals surface area contributed by atoms with Crippen LogP contribution in [0, 0.1) is 0 Å². The molecule has 0 saturated carbocycles. The van der Waals surface area contributed by atoms with Gasteiger partial charge in [0, 0.05) is 50.4 Å². The molecule has 1 fully saturated rings. The van der Waals surface area contributed by atoms with Crippen molar-refractivity contribution >= 4 is 11.7 Å². The van der Waals surface area contributed by atoms with Gasteiger partial charge < -0.3 is 19.3 Å². The Morgan fingerprint density at radius 2 is 2.00 bits per heavy atom. The molecule has 2 amide bonds. The molecule has 3 aromatic rings. The van der Waals surface area contributed by atoms with Crippen LogP contribution in [-0.2, 0) is 0 Å². The first-order valence-corrected chi connectivity index (χ1v) is 10.1. The van der Waals surface area contributed by atoms with Gasteiger partial charge in [-0.1, -0.05) is 12.1 Å². The lowest BCUT2D eigenvalue weighted by Crippen LogP contribution is -2.44. The third-order valence-electron chi connectivity index (χ3n) is 5.50. The third-order valence-corrected chi connectivity index (χ3v) is 5.50. The lowest BCUT2D eigenvalue weighted by molar-refractivity contribution is 0.153. The third kappa shape index (κ3) is 3.65. The van der Waals surface area contributed by atoms with Crippen LogP contribution in [0.1, 0.15) is 24.6 Å². The lowest BCUT2D eigenvalue weighted by atomic mass is 9.98. The van der Waals surface area contributed by atoms with Crippen molar-refractivity contribution < 1.29 is 14.3 Å². The van der Waals surface area contributed by atoms with Gasteiger partial charge in [-0.05, 0) is 31.0 Å². The fourth-order valence-corrected chi connectivity index (χ4v) is 3.99. The average Bonchev–Trinajstić information content (AvgIpc) is 3.21. The van der Waals surface area contributed by atoms with Crippen molar-refractivity contribution in [3.8, 4) is 22.6 Å². The highest BCUT2D eigenvalue weighted by Crippen LogP contribution is 2.37. The maximum Gasteiger partial charge on any atom is 0.319 e. The zero-order valence-electron chi connectivity index (χ0n) is 17.8. The van der Waals surface area contributed by atoms with E-state index in [1.54, 1.807) is 37.7 Å². The molecule has 8 heteroatoms. The molecule has 0 unspecified atom stereocenters. The number of para-hydroxylation sites is 1. The fraction of sp³-hybridized carbons (Fsp3) is 0.409. The van der Waals surface area contributed by atoms with Crippen LogP contribution in [-0.4, -0.2) is 71.8 Å². The Labute approximate surface area is 176 Å². The van der Waals surface area contributed by atoms with Gasteiger partial charge in [0.25, 0.3) is 0 Å². The second-order valence-electron chi connectivity index (χ2n) is 7.69. The van der Waals surface area contributed by atoms with E-state index in [4.69, 9.17) is 19.6 Å². The number of benzene rings is 1. The number of carbonyl (C=O) groups excluding carboxylic acids is 1. The Morgan fingerprint density at radius 3 is 2.73 bits per heavy atom. The van der Waals surface area contributed by atoms with Crippen molar-refractivity contribution in [2.45, 2.75) is 18.8 Å². The zero-order chi connectivity index (χ0) is 21.3. The van der Waals surface area contributed by atoms with Gasteiger partial charge in [-0.25, -0.2) is 14.3 Å². The molecule has 1 atom stereocenters. The monoisotopic (exact) mass is 409 g/mol. The van der Waals surface area contributed by atoms with Crippen LogP contribution in [0.25, 0.3) is 16.8 Å². The molecule has 30 heavy (non-hydrogen) atoms. The summed E-state index contributed by atoms with van der Waals surface area (Å²) in [5.74, 6) is 2.28. The molecule has 3 heterocycles. The molecule has 0 bridgehead atoms. The molecule has 8 nitrogen and oxygen atoms in total. The maximum atomic E-state index is 12.3. The summed E-state index contributed by atoms with van der Waals surface area (Å²) in [6.45, 7) is 1.42. The lowest BCUT2D eigenvalue weighted by Gasteiger charge is -2.33. The minimum atomic E-state index is 0.0378. The largest absolute Gasteiger partial charge is 0.493 e. The van der Waals surface area contributed by atoms with Crippen LogP contribution in [0.5, 0.6) is 11.5 Å². The average molecular weight is 409 g/mol. The van der Waals surface area contributed by atoms with Gasteiger partial charge in [0.2, 0.25) is 0 Å². The number of ether oxygens (including phenoxy) is 2. The number of nitrogens with zero attached hydrogens (tertiary/aromatic N) is 5. The summed E-state index contributed by atoms with van der Waals surface area (Å²) in [5, 5.41) is 4.74. The SMILES string of the molecule is COc1cccc(-c2ccc3nc([C@H]4CCCN(C(=O)N(C)C)C4)nn3c2)c1OC. The summed E-state index contributed by atoms with van der Waals surface area (Å²) >= 11 is 0. The number of pyridine rings is 1. The summed E-state index contributed by atoms with van der Waals surface area (Å²) in [5.41, 5.74) is 2.67. The molecular weight excluding hydrogens is 382 g/mol. The van der Waals surface area contributed by atoms with E-state index in [0.29, 0.717) is 18.0 Å². The maximum absolute atomic E-state index is 12.3. The summed E-state index contributed by atoms with van der Waals surface area (Å²) in [4.78, 5) is 20.6. The van der Waals surface area contributed by atoms with Gasteiger partial charge in [-0.15, -0.1) is 0 Å². The molecule has 1 aromatic carbocycles. The number of rotatable bonds is 4. The number of hydrogen-bond acceptors (Lipinski definition) is 5. The first-order chi connectivity index (χ1) is 14.5. The molecule has 0 spiro atoms. The van der Waals surface area contributed by atoms with Gasteiger partial charge in [0.1, 0.15) is 0 Å². The second-order valence-corrected chi connectivity index (χ2v) is 7.69. The van der Waals surface area contributed by atoms with Gasteiger partial charge in [0.05, 0.1) is 14.2 Å². The highest BCUT2D eigenvalue weighted by atomic mass is 16.5. The van der Waals surface area contributed by atoms with Crippen molar-refractivity contribution in [2.75, 3.05) is 41.4 Å². The number of amides is 2. The van der Waals surface area contributed by atoms with Crippen molar-refractivity contribution in [2.24, 2.45) is 0 Å². The molecule has 0 radical (unpaired) electrons. The summed E-state index contributed by atoms with van der Waals surface area (Å²) in [7, 11) is 6.83. The second kappa shape index (κ2) is 8.22. The number of carbonyl (C=O) groups is 1. The Balaban J connectivity index is 1.65. The van der Waals surface area contributed by atoms with Gasteiger partial charge in [-0.2, -0.15) is 5.10 Å². The Hall–Kier alpha value is -3.29. The minimum absolute atomic E-state index is 0.0378. The Kier molecular flexibility index (Phi) is 5.48. The Bertz CT molecular complexity index is 1060. The van der Waals surface area contributed by atoms with Crippen LogP contribution in [0.3, 0.4) is 0 Å². The topological polar surface area (TPSA) is 72.2 Å². The number of aromatic nitrogens is 3. The normalized spacial score (nSPS) is 16.5. The van der Waals surface area contributed by atoms with E-state index in [1.165, 1.54) is 0 Å². The highest BCUT2D eigenvalue weighted by molar-refractivity contribution is 5.74. The number of likely N-dealkylation sites (tertiary alicyclic amines) is 1.